The van der Waals surface area contributed by atoms with Gasteiger partial charge in [-0.3, -0.25) is 4.79 Å². The van der Waals surface area contributed by atoms with Gasteiger partial charge in [-0.15, -0.1) is 0 Å². The second-order valence-electron chi connectivity index (χ2n) is 6.35. The minimum Gasteiger partial charge on any atom is -0.494 e. The van der Waals surface area contributed by atoms with Crippen molar-refractivity contribution in [3.8, 4) is 16.9 Å². The first-order valence-corrected chi connectivity index (χ1v) is 8.80. The summed E-state index contributed by atoms with van der Waals surface area (Å²) in [6.45, 7) is 0. The van der Waals surface area contributed by atoms with E-state index in [1.807, 2.05) is 49.3 Å². The fourth-order valence-electron chi connectivity index (χ4n) is 2.98. The van der Waals surface area contributed by atoms with E-state index in [0.717, 1.165) is 22.1 Å². The summed E-state index contributed by atoms with van der Waals surface area (Å²) in [5.41, 5.74) is 3.23. The molecule has 2 aromatic carbocycles. The number of carbonyl (C=O) groups is 1. The number of aryl methyl sites for hydroxylation is 1. The molecule has 0 aliphatic rings. The first-order valence-electron chi connectivity index (χ1n) is 8.42. The Morgan fingerprint density at radius 1 is 1.30 bits per heavy atom. The summed E-state index contributed by atoms with van der Waals surface area (Å²) in [7, 11) is 5.29. The van der Waals surface area contributed by atoms with Crippen LogP contribution < -0.4 is 9.64 Å². The first-order chi connectivity index (χ1) is 12.9. The second-order valence-corrected chi connectivity index (χ2v) is 6.78. The Morgan fingerprint density at radius 3 is 2.70 bits per heavy atom. The molecule has 7 heteroatoms. The average molecular weight is 386 g/mol. The topological polar surface area (TPSA) is 75.6 Å². The van der Waals surface area contributed by atoms with Gasteiger partial charge in [-0.1, -0.05) is 23.7 Å². The third kappa shape index (κ3) is 3.95. The highest BCUT2D eigenvalue weighted by atomic mass is 35.5. The van der Waals surface area contributed by atoms with Crippen LogP contribution in [0, 0.1) is 0 Å². The van der Waals surface area contributed by atoms with Gasteiger partial charge in [-0.2, -0.15) is 0 Å². The van der Waals surface area contributed by atoms with Crippen LogP contribution in [-0.4, -0.2) is 42.2 Å². The van der Waals surface area contributed by atoms with E-state index in [1.54, 1.807) is 13.3 Å². The van der Waals surface area contributed by atoms with Crippen molar-refractivity contribution < 1.29 is 14.6 Å². The number of rotatable bonds is 6. The van der Waals surface area contributed by atoms with Gasteiger partial charge >= 0.3 is 5.97 Å². The van der Waals surface area contributed by atoms with E-state index in [2.05, 4.69) is 9.97 Å². The number of carboxylic acids is 1. The molecule has 1 N–H and O–H groups in total. The summed E-state index contributed by atoms with van der Waals surface area (Å²) in [4.78, 5) is 22.0. The number of ether oxygens (including phenoxy) is 1. The maximum atomic E-state index is 11.1. The number of hydrogen-bond donors (Lipinski definition) is 1. The highest BCUT2D eigenvalue weighted by molar-refractivity contribution is 6.30. The lowest BCUT2D eigenvalue weighted by molar-refractivity contribution is -0.136. The number of aliphatic carboxylic acids is 1. The fourth-order valence-corrected chi connectivity index (χ4v) is 3.17. The Hall–Kier alpha value is -2.86. The van der Waals surface area contributed by atoms with Crippen LogP contribution in [0.4, 0.5) is 5.95 Å². The molecule has 0 bridgehead atoms. The van der Waals surface area contributed by atoms with Crippen molar-refractivity contribution >= 4 is 34.4 Å². The van der Waals surface area contributed by atoms with Gasteiger partial charge in [-0.05, 0) is 41.3 Å². The molecular weight excluding hydrogens is 366 g/mol. The van der Waals surface area contributed by atoms with E-state index in [0.29, 0.717) is 28.7 Å². The molecule has 140 valence electrons. The van der Waals surface area contributed by atoms with Crippen LogP contribution in [0.1, 0.15) is 12.0 Å². The third-order valence-corrected chi connectivity index (χ3v) is 4.47. The van der Waals surface area contributed by atoms with Crippen LogP contribution in [0.5, 0.6) is 5.75 Å². The van der Waals surface area contributed by atoms with Crippen LogP contribution in [0.2, 0.25) is 5.02 Å². The molecule has 0 atom stereocenters. The Bertz CT molecular complexity index is 1010. The molecule has 0 radical (unpaired) electrons. The van der Waals surface area contributed by atoms with Crippen molar-refractivity contribution in [2.45, 2.75) is 12.8 Å². The highest BCUT2D eigenvalue weighted by Crippen LogP contribution is 2.38. The number of methoxy groups -OCH3 is 1. The molecular formula is C20H20ClN3O3. The van der Waals surface area contributed by atoms with Gasteiger partial charge in [0.15, 0.2) is 0 Å². The monoisotopic (exact) mass is 385 g/mol. The smallest absolute Gasteiger partial charge is 0.303 e. The number of aromatic nitrogens is 2. The van der Waals surface area contributed by atoms with Crippen LogP contribution in [0.15, 0.2) is 36.5 Å². The lowest BCUT2D eigenvalue weighted by atomic mass is 9.96. The highest BCUT2D eigenvalue weighted by Gasteiger charge is 2.18. The maximum absolute atomic E-state index is 11.1. The number of benzene rings is 2. The Labute approximate surface area is 162 Å². The summed E-state index contributed by atoms with van der Waals surface area (Å²) >= 11 is 6.17. The second kappa shape index (κ2) is 7.80. The number of carboxylic acid groups (broad SMARTS) is 1. The van der Waals surface area contributed by atoms with E-state index < -0.39 is 5.97 Å². The van der Waals surface area contributed by atoms with Gasteiger partial charge in [0.2, 0.25) is 5.95 Å². The summed E-state index contributed by atoms with van der Waals surface area (Å²) in [6, 6.07) is 9.44. The normalized spacial score (nSPS) is 10.8. The zero-order chi connectivity index (χ0) is 19.6. The molecule has 1 aromatic heterocycles. The molecule has 3 rings (SSSR count). The van der Waals surface area contributed by atoms with Crippen molar-refractivity contribution in [1.82, 2.24) is 9.97 Å². The molecule has 0 spiro atoms. The Kier molecular flexibility index (Phi) is 5.46. The van der Waals surface area contributed by atoms with Crippen molar-refractivity contribution in [3.63, 3.8) is 0 Å². The molecule has 0 aliphatic heterocycles. The van der Waals surface area contributed by atoms with Crippen molar-refractivity contribution in [2.24, 2.45) is 0 Å². The quantitative estimate of drug-likeness (QED) is 0.690. The average Bonchev–Trinajstić information content (AvgIpc) is 2.64. The van der Waals surface area contributed by atoms with Crippen molar-refractivity contribution in [3.05, 3.63) is 47.1 Å². The molecule has 6 nitrogen and oxygen atoms in total. The first kappa shape index (κ1) is 18.9. The van der Waals surface area contributed by atoms with Crippen LogP contribution in [0.3, 0.4) is 0 Å². The van der Waals surface area contributed by atoms with Gasteiger partial charge in [-0.25, -0.2) is 9.97 Å². The maximum Gasteiger partial charge on any atom is 0.303 e. The van der Waals surface area contributed by atoms with Gasteiger partial charge in [0.1, 0.15) is 11.3 Å². The zero-order valence-electron chi connectivity index (χ0n) is 15.4. The van der Waals surface area contributed by atoms with Gasteiger partial charge in [0.25, 0.3) is 0 Å². The standard InChI is InChI=1S/C20H20ClN3O3/c1-24(2)20-22-11-16-15(12-5-4-6-14(21)9-12)10-13(7-8-17(25)26)19(27-3)18(16)23-20/h4-6,9-11H,7-8H2,1-3H3,(H,25,26). The van der Waals surface area contributed by atoms with Crippen LogP contribution >= 0.6 is 11.6 Å². The fraction of sp³-hybridized carbons (Fsp3) is 0.250. The van der Waals surface area contributed by atoms with E-state index in [1.165, 1.54) is 0 Å². The predicted molar refractivity (Wildman–Crippen MR) is 107 cm³/mol. The lowest BCUT2D eigenvalue weighted by Gasteiger charge is -2.17. The SMILES string of the molecule is COc1c(CCC(=O)O)cc(-c2cccc(Cl)c2)c2cnc(N(C)C)nc12. The zero-order valence-corrected chi connectivity index (χ0v) is 16.1. The molecule has 0 amide bonds. The van der Waals surface area contributed by atoms with E-state index in [-0.39, 0.29) is 6.42 Å². The van der Waals surface area contributed by atoms with E-state index in [9.17, 15) is 4.79 Å². The predicted octanol–water partition coefficient (Wildman–Crippen LogP) is 4.04. The van der Waals surface area contributed by atoms with Gasteiger partial charge in [0.05, 0.1) is 7.11 Å². The summed E-state index contributed by atoms with van der Waals surface area (Å²) in [5.74, 6) is 0.258. The van der Waals surface area contributed by atoms with Crippen LogP contribution in [-0.2, 0) is 11.2 Å². The number of halogens is 1. The van der Waals surface area contributed by atoms with E-state index >= 15 is 0 Å². The lowest BCUT2D eigenvalue weighted by Crippen LogP contribution is -2.13. The summed E-state index contributed by atoms with van der Waals surface area (Å²) < 4.78 is 5.61. The molecule has 0 aliphatic carbocycles. The number of hydrogen-bond acceptors (Lipinski definition) is 5. The molecule has 0 saturated carbocycles. The molecule has 3 aromatic rings. The summed E-state index contributed by atoms with van der Waals surface area (Å²) in [5, 5.41) is 10.5. The number of anilines is 1. The molecule has 27 heavy (non-hydrogen) atoms. The number of nitrogens with zero attached hydrogens (tertiary/aromatic N) is 3. The minimum atomic E-state index is -0.863. The molecule has 1 heterocycles. The molecule has 0 unspecified atom stereocenters. The van der Waals surface area contributed by atoms with Gasteiger partial charge < -0.3 is 14.7 Å². The third-order valence-electron chi connectivity index (χ3n) is 4.24. The van der Waals surface area contributed by atoms with E-state index in [4.69, 9.17) is 21.4 Å². The number of fused-ring (bicyclic) bond motifs is 1. The Balaban J connectivity index is 2.31. The van der Waals surface area contributed by atoms with Gasteiger partial charge in [0, 0.05) is 37.1 Å². The largest absolute Gasteiger partial charge is 0.494 e. The van der Waals surface area contributed by atoms with Crippen molar-refractivity contribution in [2.75, 3.05) is 26.1 Å². The Morgan fingerprint density at radius 2 is 2.07 bits per heavy atom. The van der Waals surface area contributed by atoms with Crippen molar-refractivity contribution in [1.29, 1.82) is 0 Å². The minimum absolute atomic E-state index is 0.00245. The van der Waals surface area contributed by atoms with Crippen LogP contribution in [0.25, 0.3) is 22.0 Å². The molecule has 0 fully saturated rings. The molecule has 0 saturated heterocycles. The summed E-state index contributed by atoms with van der Waals surface area (Å²) in [6.07, 6.45) is 2.10.